The van der Waals surface area contributed by atoms with Crippen molar-refractivity contribution in [2.75, 3.05) is 23.8 Å². The number of thioether (sulfide) groups is 1. The van der Waals surface area contributed by atoms with Crippen LogP contribution in [0, 0.1) is 0 Å². The number of aliphatic carboxylic acids is 1. The van der Waals surface area contributed by atoms with E-state index in [9.17, 15) is 18.3 Å². The Morgan fingerprint density at radius 2 is 2.17 bits per heavy atom. The van der Waals surface area contributed by atoms with Crippen LogP contribution in [0.2, 0.25) is 0 Å². The first-order valence-corrected chi connectivity index (χ1v) is 9.08. The van der Waals surface area contributed by atoms with E-state index >= 15 is 0 Å². The smallest absolute Gasteiger partial charge is 0.320 e. The van der Waals surface area contributed by atoms with Gasteiger partial charge in [-0.05, 0) is 6.42 Å². The predicted molar refractivity (Wildman–Crippen MR) is 73.6 cm³/mol. The molecule has 1 aliphatic heterocycles. The second-order valence-corrected chi connectivity index (χ2v) is 7.96. The minimum atomic E-state index is -3.23. The van der Waals surface area contributed by atoms with E-state index < -0.39 is 27.2 Å². The zero-order valence-electron chi connectivity index (χ0n) is 10.8. The number of hydrogen-bond donors (Lipinski definition) is 1. The molecule has 0 aromatic heterocycles. The van der Waals surface area contributed by atoms with Gasteiger partial charge in [-0.15, -0.1) is 0 Å². The van der Waals surface area contributed by atoms with E-state index in [4.69, 9.17) is 0 Å². The fraction of sp³-hybridized carbons (Fsp3) is 0.909. The number of carbonyl (C=O) groups is 1. The van der Waals surface area contributed by atoms with Crippen LogP contribution >= 0.6 is 11.8 Å². The molecule has 0 saturated carbocycles. The van der Waals surface area contributed by atoms with Crippen molar-refractivity contribution in [2.24, 2.45) is 0 Å². The van der Waals surface area contributed by atoms with Crippen molar-refractivity contribution in [3.63, 3.8) is 0 Å². The van der Waals surface area contributed by atoms with Gasteiger partial charge in [0.25, 0.3) is 0 Å². The summed E-state index contributed by atoms with van der Waals surface area (Å²) in [5.41, 5.74) is 0. The van der Waals surface area contributed by atoms with E-state index in [2.05, 4.69) is 0 Å². The van der Waals surface area contributed by atoms with Crippen molar-refractivity contribution in [1.82, 2.24) is 4.90 Å². The molecule has 106 valence electrons. The topological polar surface area (TPSA) is 74.7 Å². The summed E-state index contributed by atoms with van der Waals surface area (Å²) in [5, 5.41) is 8.62. The Labute approximate surface area is 113 Å². The third-order valence-electron chi connectivity index (χ3n) is 3.19. The molecule has 2 atom stereocenters. The highest BCUT2D eigenvalue weighted by molar-refractivity contribution is 8.01. The first-order chi connectivity index (χ1) is 8.44. The maximum atomic E-state index is 12.0. The minimum absolute atomic E-state index is 0.0627. The van der Waals surface area contributed by atoms with Crippen LogP contribution in [-0.4, -0.2) is 59.6 Å². The quantitative estimate of drug-likeness (QED) is 0.789. The van der Waals surface area contributed by atoms with Gasteiger partial charge in [-0.2, -0.15) is 11.8 Å². The second-order valence-electron chi connectivity index (χ2n) is 4.36. The summed E-state index contributed by atoms with van der Waals surface area (Å²) in [6.07, 6.45) is 1.23. The molecule has 1 heterocycles. The molecule has 1 fully saturated rings. The molecular formula is C11H21NO4S2. The van der Waals surface area contributed by atoms with Gasteiger partial charge in [-0.3, -0.25) is 9.69 Å². The summed E-state index contributed by atoms with van der Waals surface area (Å²) in [5.74, 6) is 0.417. The average molecular weight is 295 g/mol. The Kier molecular flexibility index (Phi) is 5.94. The van der Waals surface area contributed by atoms with Crippen molar-refractivity contribution in [1.29, 1.82) is 0 Å². The molecule has 0 aromatic rings. The van der Waals surface area contributed by atoms with Crippen LogP contribution in [0.5, 0.6) is 0 Å². The molecule has 0 aliphatic carbocycles. The standard InChI is InChI=1S/C11H21NO4S2/c1-3-5-9(11(13)14)12-6-7-17-8-10(12)18(15,16)4-2/h9-10H,3-8H2,1-2H3,(H,13,14). The number of sulfone groups is 1. The zero-order valence-corrected chi connectivity index (χ0v) is 12.5. The average Bonchev–Trinajstić information content (AvgIpc) is 2.35. The van der Waals surface area contributed by atoms with Crippen LogP contribution in [0.1, 0.15) is 26.7 Å². The van der Waals surface area contributed by atoms with Crippen molar-refractivity contribution in [2.45, 2.75) is 38.1 Å². The highest BCUT2D eigenvalue weighted by Gasteiger charge is 2.39. The second kappa shape index (κ2) is 6.77. The summed E-state index contributed by atoms with van der Waals surface area (Å²) in [4.78, 5) is 13.0. The van der Waals surface area contributed by atoms with E-state index in [1.165, 1.54) is 0 Å². The number of carboxylic acid groups (broad SMARTS) is 1. The van der Waals surface area contributed by atoms with Crippen LogP contribution in [-0.2, 0) is 14.6 Å². The van der Waals surface area contributed by atoms with Gasteiger partial charge in [0.1, 0.15) is 11.4 Å². The molecule has 0 radical (unpaired) electrons. The molecule has 18 heavy (non-hydrogen) atoms. The lowest BCUT2D eigenvalue weighted by molar-refractivity contribution is -0.143. The Morgan fingerprint density at radius 3 is 2.67 bits per heavy atom. The Hall–Kier alpha value is -0.270. The lowest BCUT2D eigenvalue weighted by atomic mass is 10.1. The van der Waals surface area contributed by atoms with E-state index in [0.717, 1.165) is 12.2 Å². The minimum Gasteiger partial charge on any atom is -0.480 e. The first-order valence-electron chi connectivity index (χ1n) is 6.21. The van der Waals surface area contributed by atoms with Crippen molar-refractivity contribution in [3.8, 4) is 0 Å². The first kappa shape index (κ1) is 15.8. The van der Waals surface area contributed by atoms with Gasteiger partial charge in [0.15, 0.2) is 9.84 Å². The molecule has 1 rings (SSSR count). The largest absolute Gasteiger partial charge is 0.480 e. The fourth-order valence-corrected chi connectivity index (χ4v) is 5.22. The number of hydrogen-bond acceptors (Lipinski definition) is 5. The molecule has 0 aromatic carbocycles. The summed E-state index contributed by atoms with van der Waals surface area (Å²) in [6.45, 7) is 4.06. The van der Waals surface area contributed by atoms with Crippen molar-refractivity contribution in [3.05, 3.63) is 0 Å². The van der Waals surface area contributed by atoms with Gasteiger partial charge < -0.3 is 5.11 Å². The van der Waals surface area contributed by atoms with Crippen LogP contribution in [0.15, 0.2) is 0 Å². The summed E-state index contributed by atoms with van der Waals surface area (Å²) in [6, 6.07) is -0.678. The summed E-state index contributed by atoms with van der Waals surface area (Å²) in [7, 11) is -3.23. The molecule has 0 bridgehead atoms. The highest BCUT2D eigenvalue weighted by atomic mass is 32.2. The number of nitrogens with zero attached hydrogens (tertiary/aromatic N) is 1. The SMILES string of the molecule is CCCC(C(=O)O)N1CCSCC1S(=O)(=O)CC. The predicted octanol–water partition coefficient (Wildman–Crippen LogP) is 1.05. The highest BCUT2D eigenvalue weighted by Crippen LogP contribution is 2.25. The molecule has 1 aliphatic rings. The summed E-state index contributed by atoms with van der Waals surface area (Å²) >= 11 is 1.58. The van der Waals surface area contributed by atoms with Crippen LogP contribution in [0.3, 0.4) is 0 Å². The van der Waals surface area contributed by atoms with Crippen molar-refractivity contribution < 1.29 is 18.3 Å². The van der Waals surface area contributed by atoms with Gasteiger partial charge in [0, 0.05) is 23.8 Å². The van der Waals surface area contributed by atoms with Gasteiger partial charge in [-0.1, -0.05) is 20.3 Å². The third kappa shape index (κ3) is 3.61. The van der Waals surface area contributed by atoms with Crippen LogP contribution in [0.4, 0.5) is 0 Å². The van der Waals surface area contributed by atoms with E-state index in [1.807, 2.05) is 6.92 Å². The lowest BCUT2D eigenvalue weighted by Crippen LogP contribution is -2.55. The monoisotopic (exact) mass is 295 g/mol. The Morgan fingerprint density at radius 1 is 1.50 bits per heavy atom. The molecule has 1 N–H and O–H groups in total. The van der Waals surface area contributed by atoms with Crippen molar-refractivity contribution >= 4 is 27.6 Å². The molecule has 7 heteroatoms. The maximum Gasteiger partial charge on any atom is 0.320 e. The van der Waals surface area contributed by atoms with Crippen LogP contribution in [0.25, 0.3) is 0 Å². The summed E-state index contributed by atoms with van der Waals surface area (Å²) < 4.78 is 24.1. The zero-order chi connectivity index (χ0) is 13.8. The van der Waals surface area contributed by atoms with E-state index in [1.54, 1.807) is 23.6 Å². The number of carboxylic acids is 1. The van der Waals surface area contributed by atoms with E-state index in [-0.39, 0.29) is 5.75 Å². The number of rotatable bonds is 6. The maximum absolute atomic E-state index is 12.0. The molecule has 1 saturated heterocycles. The molecule has 2 unspecified atom stereocenters. The molecule has 0 amide bonds. The Bertz CT molecular complexity index is 383. The van der Waals surface area contributed by atoms with E-state index in [0.29, 0.717) is 18.7 Å². The third-order valence-corrected chi connectivity index (χ3v) is 6.49. The van der Waals surface area contributed by atoms with Gasteiger partial charge >= 0.3 is 5.97 Å². The Balaban J connectivity index is 2.97. The van der Waals surface area contributed by atoms with Gasteiger partial charge in [0.05, 0.1) is 0 Å². The van der Waals surface area contributed by atoms with Gasteiger partial charge in [0.2, 0.25) is 0 Å². The molecule has 5 nitrogen and oxygen atoms in total. The molecule has 0 spiro atoms. The normalized spacial score (nSPS) is 23.8. The fourth-order valence-electron chi connectivity index (χ4n) is 2.16. The molecular weight excluding hydrogens is 274 g/mol. The lowest BCUT2D eigenvalue weighted by Gasteiger charge is -2.38. The van der Waals surface area contributed by atoms with Gasteiger partial charge in [-0.25, -0.2) is 8.42 Å². The van der Waals surface area contributed by atoms with Crippen LogP contribution < -0.4 is 0 Å².